The third kappa shape index (κ3) is 5.54. The number of halogens is 1. The van der Waals surface area contributed by atoms with Crippen molar-refractivity contribution in [3.05, 3.63) is 64.7 Å². The fourth-order valence-electron chi connectivity index (χ4n) is 2.30. The van der Waals surface area contributed by atoms with Crippen molar-refractivity contribution < 1.29 is 14.3 Å². The molecule has 25 heavy (non-hydrogen) atoms. The van der Waals surface area contributed by atoms with Gasteiger partial charge in [-0.15, -0.1) is 0 Å². The number of ether oxygens (including phenoxy) is 2. The number of carbonyl (C=O) groups excluding carboxylic acids is 1. The number of carbonyl (C=O) groups is 1. The number of allylic oxidation sites excluding steroid dienone is 1. The van der Waals surface area contributed by atoms with Crippen molar-refractivity contribution in [3.8, 4) is 11.5 Å². The lowest BCUT2D eigenvalue weighted by Crippen LogP contribution is -2.31. The SMILES string of the molecule is CC=Cc1ccc(OCC(=O)N(C)Cc2ccc(Cl)cc2)c(OC)c1. The first kappa shape index (κ1) is 18.9. The highest BCUT2D eigenvalue weighted by molar-refractivity contribution is 6.30. The van der Waals surface area contributed by atoms with Crippen molar-refractivity contribution in [1.29, 1.82) is 0 Å². The molecule has 0 radical (unpaired) electrons. The zero-order valence-corrected chi connectivity index (χ0v) is 15.4. The molecular formula is C20H22ClNO3. The largest absolute Gasteiger partial charge is 0.493 e. The normalized spacial score (nSPS) is 10.7. The topological polar surface area (TPSA) is 38.8 Å². The molecule has 0 unspecified atom stereocenters. The molecule has 132 valence electrons. The van der Waals surface area contributed by atoms with Crippen molar-refractivity contribution in [2.45, 2.75) is 13.5 Å². The van der Waals surface area contributed by atoms with Crippen LogP contribution in [0.5, 0.6) is 11.5 Å². The van der Waals surface area contributed by atoms with Gasteiger partial charge in [0.2, 0.25) is 0 Å². The summed E-state index contributed by atoms with van der Waals surface area (Å²) in [5.41, 5.74) is 2.02. The maximum atomic E-state index is 12.3. The molecule has 1 amide bonds. The van der Waals surface area contributed by atoms with Crippen LogP contribution in [0.4, 0.5) is 0 Å². The van der Waals surface area contributed by atoms with Gasteiger partial charge in [0.15, 0.2) is 18.1 Å². The van der Waals surface area contributed by atoms with Gasteiger partial charge in [0, 0.05) is 18.6 Å². The Morgan fingerprint density at radius 1 is 1.16 bits per heavy atom. The van der Waals surface area contributed by atoms with E-state index >= 15 is 0 Å². The van der Waals surface area contributed by atoms with E-state index in [9.17, 15) is 4.79 Å². The maximum Gasteiger partial charge on any atom is 0.260 e. The summed E-state index contributed by atoms with van der Waals surface area (Å²) in [5, 5.41) is 0.675. The Bertz CT molecular complexity index is 741. The predicted octanol–water partition coefficient (Wildman–Crippen LogP) is 4.42. The van der Waals surface area contributed by atoms with Crippen LogP contribution in [-0.2, 0) is 11.3 Å². The van der Waals surface area contributed by atoms with Crippen LogP contribution in [-0.4, -0.2) is 31.6 Å². The summed E-state index contributed by atoms with van der Waals surface area (Å²) < 4.78 is 11.0. The first-order chi connectivity index (χ1) is 12.0. The Balaban J connectivity index is 1.95. The summed E-state index contributed by atoms with van der Waals surface area (Å²) in [5.74, 6) is 1.03. The number of likely N-dealkylation sites (N-methyl/N-ethyl adjacent to an activating group) is 1. The van der Waals surface area contributed by atoms with E-state index in [-0.39, 0.29) is 12.5 Å². The minimum atomic E-state index is -0.116. The van der Waals surface area contributed by atoms with Crippen LogP contribution >= 0.6 is 11.6 Å². The third-order valence-electron chi connectivity index (χ3n) is 3.66. The number of methoxy groups -OCH3 is 1. The minimum Gasteiger partial charge on any atom is -0.493 e. The molecule has 5 heteroatoms. The molecule has 0 saturated heterocycles. The summed E-state index contributed by atoms with van der Waals surface area (Å²) >= 11 is 5.87. The summed E-state index contributed by atoms with van der Waals surface area (Å²) in [4.78, 5) is 13.9. The maximum absolute atomic E-state index is 12.3. The smallest absolute Gasteiger partial charge is 0.260 e. The lowest BCUT2D eigenvalue weighted by Gasteiger charge is -2.18. The quantitative estimate of drug-likeness (QED) is 0.734. The lowest BCUT2D eigenvalue weighted by molar-refractivity contribution is -0.132. The Morgan fingerprint density at radius 2 is 1.88 bits per heavy atom. The molecule has 2 aromatic rings. The molecule has 0 spiro atoms. The van der Waals surface area contributed by atoms with Gasteiger partial charge in [-0.1, -0.05) is 42.0 Å². The number of hydrogen-bond acceptors (Lipinski definition) is 3. The minimum absolute atomic E-state index is 0.0522. The highest BCUT2D eigenvalue weighted by Gasteiger charge is 2.12. The summed E-state index contributed by atoms with van der Waals surface area (Å²) in [6.07, 6.45) is 3.92. The molecule has 0 saturated carbocycles. The van der Waals surface area contributed by atoms with Gasteiger partial charge < -0.3 is 14.4 Å². The molecule has 0 aliphatic rings. The summed E-state index contributed by atoms with van der Waals surface area (Å²) in [6.45, 7) is 2.40. The van der Waals surface area contributed by atoms with E-state index in [2.05, 4.69) is 0 Å². The van der Waals surface area contributed by atoms with Gasteiger partial charge in [-0.3, -0.25) is 4.79 Å². The van der Waals surface area contributed by atoms with Crippen molar-refractivity contribution >= 4 is 23.6 Å². The second-order valence-electron chi connectivity index (χ2n) is 5.58. The number of nitrogens with zero attached hydrogens (tertiary/aromatic N) is 1. The van der Waals surface area contributed by atoms with Crippen molar-refractivity contribution in [2.75, 3.05) is 20.8 Å². The molecule has 0 bridgehead atoms. The van der Waals surface area contributed by atoms with E-state index in [4.69, 9.17) is 21.1 Å². The highest BCUT2D eigenvalue weighted by Crippen LogP contribution is 2.28. The first-order valence-electron chi connectivity index (χ1n) is 7.95. The molecule has 0 aliphatic heterocycles. The molecule has 4 nitrogen and oxygen atoms in total. The average molecular weight is 360 g/mol. The summed E-state index contributed by atoms with van der Waals surface area (Å²) in [6, 6.07) is 13.0. The standard InChI is InChI=1S/C20H22ClNO3/c1-4-5-15-8-11-18(19(12-15)24-3)25-14-20(23)22(2)13-16-6-9-17(21)10-7-16/h4-12H,13-14H2,1-3H3. The van der Waals surface area contributed by atoms with Gasteiger partial charge in [-0.05, 0) is 42.3 Å². The monoisotopic (exact) mass is 359 g/mol. The Kier molecular flexibility index (Phi) is 6.90. The van der Waals surface area contributed by atoms with E-state index < -0.39 is 0 Å². The Morgan fingerprint density at radius 3 is 2.52 bits per heavy atom. The van der Waals surface area contributed by atoms with E-state index in [0.717, 1.165) is 11.1 Å². The van der Waals surface area contributed by atoms with Crippen LogP contribution in [0.1, 0.15) is 18.1 Å². The predicted molar refractivity (Wildman–Crippen MR) is 101 cm³/mol. The van der Waals surface area contributed by atoms with Gasteiger partial charge in [0.25, 0.3) is 5.91 Å². The van der Waals surface area contributed by atoms with Crippen molar-refractivity contribution in [3.63, 3.8) is 0 Å². The molecule has 0 heterocycles. The average Bonchev–Trinajstić information content (AvgIpc) is 2.62. The molecule has 2 rings (SSSR count). The molecule has 0 fully saturated rings. The molecule has 0 aliphatic carbocycles. The zero-order chi connectivity index (χ0) is 18.2. The van der Waals surface area contributed by atoms with Gasteiger partial charge in [0.05, 0.1) is 7.11 Å². The number of hydrogen-bond donors (Lipinski definition) is 0. The van der Waals surface area contributed by atoms with Gasteiger partial charge in [-0.2, -0.15) is 0 Å². The van der Waals surface area contributed by atoms with Crippen LogP contribution < -0.4 is 9.47 Å². The molecule has 0 N–H and O–H groups in total. The van der Waals surface area contributed by atoms with Crippen molar-refractivity contribution in [1.82, 2.24) is 4.90 Å². The summed E-state index contributed by atoms with van der Waals surface area (Å²) in [7, 11) is 3.32. The van der Waals surface area contributed by atoms with E-state index in [0.29, 0.717) is 23.1 Å². The number of amides is 1. The van der Waals surface area contributed by atoms with Crippen LogP contribution in [0.15, 0.2) is 48.5 Å². The lowest BCUT2D eigenvalue weighted by atomic mass is 10.2. The highest BCUT2D eigenvalue weighted by atomic mass is 35.5. The van der Waals surface area contributed by atoms with E-state index in [1.54, 1.807) is 25.1 Å². The number of rotatable bonds is 7. The fraction of sp³-hybridized carbons (Fsp3) is 0.250. The van der Waals surface area contributed by atoms with Crippen LogP contribution in [0.3, 0.4) is 0 Å². The van der Waals surface area contributed by atoms with Gasteiger partial charge in [-0.25, -0.2) is 0 Å². The third-order valence-corrected chi connectivity index (χ3v) is 3.91. The Hall–Kier alpha value is -2.46. The van der Waals surface area contributed by atoms with Crippen molar-refractivity contribution in [2.24, 2.45) is 0 Å². The van der Waals surface area contributed by atoms with Crippen LogP contribution in [0.25, 0.3) is 6.08 Å². The molecule has 0 atom stereocenters. The van der Waals surface area contributed by atoms with Gasteiger partial charge in [0.1, 0.15) is 0 Å². The first-order valence-corrected chi connectivity index (χ1v) is 8.33. The van der Waals surface area contributed by atoms with E-state index in [1.165, 1.54) is 0 Å². The van der Waals surface area contributed by atoms with Crippen LogP contribution in [0, 0.1) is 0 Å². The molecular weight excluding hydrogens is 338 g/mol. The van der Waals surface area contributed by atoms with Crippen LogP contribution in [0.2, 0.25) is 5.02 Å². The Labute approximate surface area is 153 Å². The molecule has 0 aromatic heterocycles. The number of benzene rings is 2. The molecule has 2 aromatic carbocycles. The van der Waals surface area contributed by atoms with Gasteiger partial charge >= 0.3 is 0 Å². The van der Waals surface area contributed by atoms with E-state index in [1.807, 2.05) is 55.5 Å². The fourth-order valence-corrected chi connectivity index (χ4v) is 2.43. The second kappa shape index (κ2) is 9.14. The zero-order valence-electron chi connectivity index (χ0n) is 14.7. The second-order valence-corrected chi connectivity index (χ2v) is 6.01.